The number of amides is 4. The van der Waals surface area contributed by atoms with Crippen LogP contribution in [0.15, 0.2) is 35.7 Å². The van der Waals surface area contributed by atoms with Crippen molar-refractivity contribution in [2.45, 2.75) is 13.8 Å². The first-order valence-electron chi connectivity index (χ1n) is 7.65. The van der Waals surface area contributed by atoms with Crippen LogP contribution in [-0.2, 0) is 9.53 Å². The standard InChI is InChI=1S/C17H17N3O5S/c1-3-25-17(24)20-15(23)13-7-8-26-16(13)19-14(22)11-5-4-6-12(9-11)18-10(2)21/h4-9H,3H2,1-2H3,(H,18,21)(H,19,22)(H,20,23,24). The summed E-state index contributed by atoms with van der Waals surface area (Å²) in [6.45, 7) is 3.12. The zero-order valence-electron chi connectivity index (χ0n) is 14.1. The highest BCUT2D eigenvalue weighted by molar-refractivity contribution is 7.14. The topological polar surface area (TPSA) is 114 Å². The van der Waals surface area contributed by atoms with Gasteiger partial charge in [-0.1, -0.05) is 6.07 Å². The van der Waals surface area contributed by atoms with Crippen LogP contribution in [-0.4, -0.2) is 30.4 Å². The summed E-state index contributed by atoms with van der Waals surface area (Å²) in [5, 5.41) is 9.20. The minimum Gasteiger partial charge on any atom is -0.450 e. The Morgan fingerprint density at radius 1 is 1.08 bits per heavy atom. The maximum Gasteiger partial charge on any atom is 0.414 e. The van der Waals surface area contributed by atoms with Gasteiger partial charge in [-0.25, -0.2) is 4.79 Å². The van der Waals surface area contributed by atoms with Crippen molar-refractivity contribution in [2.24, 2.45) is 0 Å². The quantitative estimate of drug-likeness (QED) is 0.744. The molecule has 8 nitrogen and oxygen atoms in total. The molecule has 0 saturated carbocycles. The Kier molecular flexibility index (Phi) is 6.45. The summed E-state index contributed by atoms with van der Waals surface area (Å²) in [5.74, 6) is -1.38. The van der Waals surface area contributed by atoms with Crippen molar-refractivity contribution < 1.29 is 23.9 Å². The number of carbonyl (C=O) groups excluding carboxylic acids is 4. The fourth-order valence-corrected chi connectivity index (χ4v) is 2.81. The van der Waals surface area contributed by atoms with E-state index in [4.69, 9.17) is 0 Å². The predicted molar refractivity (Wildman–Crippen MR) is 97.5 cm³/mol. The molecule has 0 aliphatic rings. The van der Waals surface area contributed by atoms with Gasteiger partial charge < -0.3 is 15.4 Å². The Bertz CT molecular complexity index is 846. The molecular formula is C17H17N3O5S. The molecule has 0 aliphatic carbocycles. The highest BCUT2D eigenvalue weighted by Crippen LogP contribution is 2.24. The van der Waals surface area contributed by atoms with Crippen LogP contribution < -0.4 is 16.0 Å². The van der Waals surface area contributed by atoms with Gasteiger partial charge in [-0.15, -0.1) is 11.3 Å². The van der Waals surface area contributed by atoms with E-state index in [-0.39, 0.29) is 18.1 Å². The first-order valence-corrected chi connectivity index (χ1v) is 8.53. The molecule has 0 atom stereocenters. The Morgan fingerprint density at radius 2 is 1.85 bits per heavy atom. The van der Waals surface area contributed by atoms with Gasteiger partial charge in [0.15, 0.2) is 0 Å². The number of anilines is 2. The van der Waals surface area contributed by atoms with E-state index in [2.05, 4.69) is 20.7 Å². The van der Waals surface area contributed by atoms with Crippen LogP contribution in [0.1, 0.15) is 34.6 Å². The summed E-state index contributed by atoms with van der Waals surface area (Å²) in [6.07, 6.45) is -0.857. The van der Waals surface area contributed by atoms with Crippen LogP contribution in [0, 0.1) is 0 Å². The van der Waals surface area contributed by atoms with Gasteiger partial charge in [-0.2, -0.15) is 0 Å². The van der Waals surface area contributed by atoms with Crippen molar-refractivity contribution in [1.82, 2.24) is 5.32 Å². The number of carbonyl (C=O) groups is 4. The zero-order valence-corrected chi connectivity index (χ0v) is 14.9. The summed E-state index contributed by atoms with van der Waals surface area (Å²) in [7, 11) is 0. The summed E-state index contributed by atoms with van der Waals surface area (Å²) in [6, 6.07) is 7.86. The number of benzene rings is 1. The van der Waals surface area contributed by atoms with Crippen LogP contribution in [0.5, 0.6) is 0 Å². The van der Waals surface area contributed by atoms with Gasteiger partial charge in [0.1, 0.15) is 5.00 Å². The fourth-order valence-electron chi connectivity index (χ4n) is 2.03. The molecule has 4 amide bonds. The number of rotatable bonds is 5. The van der Waals surface area contributed by atoms with Crippen molar-refractivity contribution in [1.29, 1.82) is 0 Å². The van der Waals surface area contributed by atoms with E-state index in [1.165, 1.54) is 19.1 Å². The average Bonchev–Trinajstić information content (AvgIpc) is 3.03. The second-order valence-electron chi connectivity index (χ2n) is 5.05. The Balaban J connectivity index is 2.11. The molecule has 2 aromatic rings. The third-order valence-electron chi connectivity index (χ3n) is 3.07. The van der Waals surface area contributed by atoms with Crippen LogP contribution in [0.4, 0.5) is 15.5 Å². The molecule has 0 saturated heterocycles. The van der Waals surface area contributed by atoms with Crippen molar-refractivity contribution in [3.8, 4) is 0 Å². The first kappa shape index (κ1) is 19.1. The lowest BCUT2D eigenvalue weighted by Crippen LogP contribution is -2.31. The van der Waals surface area contributed by atoms with Crippen LogP contribution in [0.25, 0.3) is 0 Å². The number of thiophene rings is 1. The van der Waals surface area contributed by atoms with Gasteiger partial charge in [-0.3, -0.25) is 19.7 Å². The lowest BCUT2D eigenvalue weighted by Gasteiger charge is -2.08. The summed E-state index contributed by atoms with van der Waals surface area (Å²) >= 11 is 1.14. The molecule has 0 unspecified atom stereocenters. The number of ether oxygens (including phenoxy) is 1. The van der Waals surface area contributed by atoms with Gasteiger partial charge in [-0.05, 0) is 36.6 Å². The molecule has 1 aromatic carbocycles. The van der Waals surface area contributed by atoms with Crippen LogP contribution in [0.2, 0.25) is 0 Å². The average molecular weight is 375 g/mol. The zero-order chi connectivity index (χ0) is 19.1. The minimum absolute atomic E-state index is 0.136. The van der Waals surface area contributed by atoms with Gasteiger partial charge >= 0.3 is 6.09 Å². The summed E-state index contributed by atoms with van der Waals surface area (Å²) in [4.78, 5) is 47.0. The van der Waals surface area contributed by atoms with Crippen LogP contribution in [0.3, 0.4) is 0 Å². The van der Waals surface area contributed by atoms with E-state index in [9.17, 15) is 19.2 Å². The second kappa shape index (κ2) is 8.77. The summed E-state index contributed by atoms with van der Waals surface area (Å²) in [5.41, 5.74) is 0.937. The molecule has 1 aromatic heterocycles. The van der Waals surface area contributed by atoms with Gasteiger partial charge in [0.2, 0.25) is 5.91 Å². The highest BCUT2D eigenvalue weighted by Gasteiger charge is 2.18. The smallest absolute Gasteiger partial charge is 0.414 e. The Labute approximate surface area is 153 Å². The molecule has 9 heteroatoms. The molecule has 3 N–H and O–H groups in total. The van der Waals surface area contributed by atoms with Gasteiger partial charge in [0, 0.05) is 18.2 Å². The first-order chi connectivity index (χ1) is 12.4. The number of imide groups is 1. The molecule has 0 spiro atoms. The van der Waals surface area contributed by atoms with Crippen molar-refractivity contribution in [3.63, 3.8) is 0 Å². The normalized spacial score (nSPS) is 9.92. The van der Waals surface area contributed by atoms with Crippen LogP contribution >= 0.6 is 11.3 Å². The largest absolute Gasteiger partial charge is 0.450 e. The third kappa shape index (κ3) is 5.15. The molecule has 0 fully saturated rings. The summed E-state index contributed by atoms with van der Waals surface area (Å²) < 4.78 is 4.66. The van der Waals surface area contributed by atoms with Crippen molar-refractivity contribution >= 4 is 45.8 Å². The number of alkyl carbamates (subject to hydrolysis) is 1. The van der Waals surface area contributed by atoms with Crippen molar-refractivity contribution in [2.75, 3.05) is 17.2 Å². The van der Waals surface area contributed by atoms with E-state index < -0.39 is 17.9 Å². The molecule has 0 radical (unpaired) electrons. The lowest BCUT2D eigenvalue weighted by molar-refractivity contribution is -0.114. The third-order valence-corrected chi connectivity index (χ3v) is 3.90. The molecule has 26 heavy (non-hydrogen) atoms. The number of hydrogen-bond acceptors (Lipinski definition) is 6. The predicted octanol–water partition coefficient (Wildman–Crippen LogP) is 2.85. The van der Waals surface area contributed by atoms with Gasteiger partial charge in [0.25, 0.3) is 11.8 Å². The fraction of sp³-hybridized carbons (Fsp3) is 0.176. The minimum atomic E-state index is -0.857. The molecule has 2 rings (SSSR count). The van der Waals surface area contributed by atoms with E-state index in [0.29, 0.717) is 16.3 Å². The molecule has 136 valence electrons. The van der Waals surface area contributed by atoms with E-state index in [1.54, 1.807) is 30.5 Å². The maximum atomic E-state index is 12.4. The van der Waals surface area contributed by atoms with E-state index in [0.717, 1.165) is 11.3 Å². The van der Waals surface area contributed by atoms with E-state index in [1.807, 2.05) is 0 Å². The van der Waals surface area contributed by atoms with E-state index >= 15 is 0 Å². The van der Waals surface area contributed by atoms with Crippen molar-refractivity contribution in [3.05, 3.63) is 46.8 Å². The maximum absolute atomic E-state index is 12.4. The SMILES string of the molecule is CCOC(=O)NC(=O)c1ccsc1NC(=O)c1cccc(NC(C)=O)c1. The second-order valence-corrected chi connectivity index (χ2v) is 5.97. The molecule has 1 heterocycles. The molecular weight excluding hydrogens is 358 g/mol. The Morgan fingerprint density at radius 3 is 2.54 bits per heavy atom. The Hall–Kier alpha value is -3.20. The number of nitrogens with one attached hydrogen (secondary N) is 3. The lowest BCUT2D eigenvalue weighted by atomic mass is 10.2. The van der Waals surface area contributed by atoms with Gasteiger partial charge in [0.05, 0.1) is 12.2 Å². The monoisotopic (exact) mass is 375 g/mol. The number of hydrogen-bond donors (Lipinski definition) is 3. The highest BCUT2D eigenvalue weighted by atomic mass is 32.1. The molecule has 0 bridgehead atoms. The molecule has 0 aliphatic heterocycles.